The van der Waals surface area contributed by atoms with E-state index in [-0.39, 0.29) is 6.54 Å². The molecule has 0 saturated heterocycles. The lowest BCUT2D eigenvalue weighted by atomic mass is 9.87. The Morgan fingerprint density at radius 1 is 1.33 bits per heavy atom. The minimum absolute atomic E-state index is 0.354. The summed E-state index contributed by atoms with van der Waals surface area (Å²) in [6, 6.07) is 0.0841. The third kappa shape index (κ3) is 4.04. The van der Waals surface area contributed by atoms with E-state index in [9.17, 15) is 19.2 Å². The summed E-state index contributed by atoms with van der Waals surface area (Å²) in [5, 5.41) is 11.5. The number of rotatable bonds is 4. The highest BCUT2D eigenvalue weighted by Crippen LogP contribution is 2.19. The summed E-state index contributed by atoms with van der Waals surface area (Å²) < 4.78 is 1.91. The second kappa shape index (κ2) is 5.94. The van der Waals surface area contributed by atoms with Gasteiger partial charge in [-0.2, -0.15) is 0 Å². The molecule has 1 aromatic rings. The molecule has 0 saturated carbocycles. The molecule has 2 N–H and O–H groups in total. The second-order valence-corrected chi connectivity index (χ2v) is 5.83. The van der Waals surface area contributed by atoms with Crippen molar-refractivity contribution < 1.29 is 14.7 Å². The van der Waals surface area contributed by atoms with Gasteiger partial charge in [0, 0.05) is 19.3 Å². The zero-order chi connectivity index (χ0) is 16.4. The van der Waals surface area contributed by atoms with Gasteiger partial charge in [-0.25, -0.2) is 9.59 Å². The van der Waals surface area contributed by atoms with Crippen molar-refractivity contribution in [2.24, 2.45) is 12.5 Å². The summed E-state index contributed by atoms with van der Waals surface area (Å²) >= 11 is 0. The predicted molar refractivity (Wildman–Crippen MR) is 75.0 cm³/mol. The van der Waals surface area contributed by atoms with Crippen LogP contribution in [0, 0.1) is 5.41 Å². The third-order valence-electron chi connectivity index (χ3n) is 2.99. The minimum atomic E-state index is -1.15. The van der Waals surface area contributed by atoms with Crippen LogP contribution in [0.15, 0.2) is 21.9 Å². The summed E-state index contributed by atoms with van der Waals surface area (Å²) in [4.78, 5) is 46.1. The molecule has 0 spiro atoms. The molecule has 1 aromatic heterocycles. The lowest BCUT2D eigenvalue weighted by molar-refractivity contribution is -0.145. The largest absolute Gasteiger partial charge is 0.480 e. The van der Waals surface area contributed by atoms with Crippen LogP contribution >= 0.6 is 0 Å². The summed E-state index contributed by atoms with van der Waals surface area (Å²) in [5.41, 5.74) is -1.79. The van der Waals surface area contributed by atoms with Gasteiger partial charge >= 0.3 is 11.7 Å². The van der Waals surface area contributed by atoms with Crippen LogP contribution in [-0.2, 0) is 23.2 Å². The molecular formula is C13H19N3O5. The van der Waals surface area contributed by atoms with E-state index >= 15 is 0 Å². The van der Waals surface area contributed by atoms with E-state index in [4.69, 9.17) is 5.11 Å². The molecule has 0 bridgehead atoms. The van der Waals surface area contributed by atoms with Gasteiger partial charge in [0.1, 0.15) is 12.6 Å². The molecule has 8 nitrogen and oxygen atoms in total. The molecule has 1 rings (SSSR count). The fourth-order valence-electron chi connectivity index (χ4n) is 1.75. The first-order chi connectivity index (χ1) is 9.54. The maximum atomic E-state index is 11.9. The topological polar surface area (TPSA) is 110 Å². The summed E-state index contributed by atoms with van der Waals surface area (Å²) in [5.74, 6) is -1.76. The lowest BCUT2D eigenvalue weighted by Gasteiger charge is -2.27. The van der Waals surface area contributed by atoms with E-state index in [1.165, 1.54) is 13.2 Å². The van der Waals surface area contributed by atoms with Crippen molar-refractivity contribution in [1.29, 1.82) is 0 Å². The number of nitrogens with zero attached hydrogens (tertiary/aromatic N) is 2. The van der Waals surface area contributed by atoms with Crippen LogP contribution in [0.2, 0.25) is 0 Å². The van der Waals surface area contributed by atoms with Gasteiger partial charge in [-0.15, -0.1) is 0 Å². The molecule has 21 heavy (non-hydrogen) atoms. The van der Waals surface area contributed by atoms with Gasteiger partial charge in [-0.3, -0.25) is 18.7 Å². The highest BCUT2D eigenvalue weighted by Gasteiger charge is 2.32. The Balaban J connectivity index is 2.93. The van der Waals surface area contributed by atoms with Crippen molar-refractivity contribution in [2.45, 2.75) is 33.4 Å². The van der Waals surface area contributed by atoms with Gasteiger partial charge < -0.3 is 10.4 Å². The van der Waals surface area contributed by atoms with Crippen LogP contribution in [0.5, 0.6) is 0 Å². The van der Waals surface area contributed by atoms with E-state index in [0.29, 0.717) is 0 Å². The van der Waals surface area contributed by atoms with E-state index in [1.807, 2.05) is 0 Å². The zero-order valence-corrected chi connectivity index (χ0v) is 12.4. The number of hydrogen-bond acceptors (Lipinski definition) is 4. The maximum absolute atomic E-state index is 11.9. The highest BCUT2D eigenvalue weighted by atomic mass is 16.4. The average molecular weight is 297 g/mol. The number of aliphatic carboxylic acids is 1. The number of carboxylic acid groups (broad SMARTS) is 1. The summed E-state index contributed by atoms with van der Waals surface area (Å²) in [6.07, 6.45) is 1.21. The Kier molecular flexibility index (Phi) is 4.72. The molecule has 0 radical (unpaired) electrons. The Morgan fingerprint density at radius 3 is 2.38 bits per heavy atom. The molecule has 8 heteroatoms. The molecule has 0 aromatic carbocycles. The van der Waals surface area contributed by atoms with Gasteiger partial charge in [0.15, 0.2) is 0 Å². The fraction of sp³-hybridized carbons (Fsp3) is 0.538. The van der Waals surface area contributed by atoms with Gasteiger partial charge in [0.2, 0.25) is 5.91 Å². The van der Waals surface area contributed by atoms with E-state index in [1.54, 1.807) is 20.8 Å². The van der Waals surface area contributed by atoms with Crippen molar-refractivity contribution >= 4 is 11.9 Å². The number of carbonyl (C=O) groups excluding carboxylic acids is 1. The molecular weight excluding hydrogens is 278 g/mol. The quantitative estimate of drug-likeness (QED) is 0.753. The van der Waals surface area contributed by atoms with E-state index < -0.39 is 34.6 Å². The summed E-state index contributed by atoms with van der Waals surface area (Å²) in [7, 11) is 1.30. The minimum Gasteiger partial charge on any atom is -0.480 e. The molecule has 0 aliphatic heterocycles. The fourth-order valence-corrected chi connectivity index (χ4v) is 1.75. The first-order valence-corrected chi connectivity index (χ1v) is 6.32. The predicted octanol–water partition coefficient (Wildman–Crippen LogP) is -0.837. The average Bonchev–Trinajstić information content (AvgIpc) is 2.35. The second-order valence-electron chi connectivity index (χ2n) is 5.83. The Hall–Kier alpha value is -2.38. The molecule has 116 valence electrons. The molecule has 0 aliphatic carbocycles. The van der Waals surface area contributed by atoms with Crippen molar-refractivity contribution in [2.75, 3.05) is 0 Å². The Labute approximate surface area is 121 Å². The molecule has 0 unspecified atom stereocenters. The van der Waals surface area contributed by atoms with Gasteiger partial charge in [-0.05, 0) is 5.41 Å². The van der Waals surface area contributed by atoms with Crippen molar-refractivity contribution in [3.63, 3.8) is 0 Å². The van der Waals surface area contributed by atoms with Gasteiger partial charge in [0.25, 0.3) is 5.56 Å². The van der Waals surface area contributed by atoms with Crippen LogP contribution in [0.4, 0.5) is 0 Å². The third-order valence-corrected chi connectivity index (χ3v) is 2.99. The molecule has 1 heterocycles. The molecule has 1 amide bonds. The van der Waals surface area contributed by atoms with Crippen molar-refractivity contribution in [3.05, 3.63) is 33.1 Å². The van der Waals surface area contributed by atoms with Crippen molar-refractivity contribution in [3.8, 4) is 0 Å². The van der Waals surface area contributed by atoms with Crippen LogP contribution in [0.1, 0.15) is 20.8 Å². The number of hydrogen-bond donors (Lipinski definition) is 2. The molecule has 1 atom stereocenters. The van der Waals surface area contributed by atoms with Crippen LogP contribution in [0.3, 0.4) is 0 Å². The number of carboxylic acids is 1. The smallest absolute Gasteiger partial charge is 0.331 e. The zero-order valence-electron chi connectivity index (χ0n) is 12.4. The van der Waals surface area contributed by atoms with Gasteiger partial charge in [-0.1, -0.05) is 20.8 Å². The highest BCUT2D eigenvalue weighted by molar-refractivity contribution is 5.83. The van der Waals surface area contributed by atoms with E-state index in [2.05, 4.69) is 5.32 Å². The standard InChI is InChI=1S/C13H19N3O5/c1-13(2,3)10(11(19)20)14-8(17)7-16-6-5-9(18)15(4)12(16)21/h5-6,10H,7H2,1-4H3,(H,14,17)(H,19,20)/t10-/m0/s1. The first-order valence-electron chi connectivity index (χ1n) is 6.32. The summed E-state index contributed by atoms with van der Waals surface area (Å²) in [6.45, 7) is 4.70. The number of nitrogens with one attached hydrogen (secondary N) is 1. The van der Waals surface area contributed by atoms with Crippen molar-refractivity contribution in [1.82, 2.24) is 14.5 Å². The number of carbonyl (C=O) groups is 2. The monoisotopic (exact) mass is 297 g/mol. The normalized spacial score (nSPS) is 12.8. The van der Waals surface area contributed by atoms with Crippen LogP contribution in [-0.4, -0.2) is 32.2 Å². The number of amides is 1. The molecule has 0 aliphatic rings. The lowest BCUT2D eigenvalue weighted by Crippen LogP contribution is -2.50. The van der Waals surface area contributed by atoms with E-state index in [0.717, 1.165) is 15.2 Å². The van der Waals surface area contributed by atoms with Gasteiger partial charge in [0.05, 0.1) is 0 Å². The number of aromatic nitrogens is 2. The molecule has 0 fully saturated rings. The first kappa shape index (κ1) is 16.7. The maximum Gasteiger partial charge on any atom is 0.331 e. The van der Waals surface area contributed by atoms with Crippen LogP contribution < -0.4 is 16.6 Å². The van der Waals surface area contributed by atoms with Crippen LogP contribution in [0.25, 0.3) is 0 Å². The SMILES string of the molecule is Cn1c(=O)ccn(CC(=O)N[C@@H](C(=O)O)C(C)(C)C)c1=O. The Bertz CT molecular complexity index is 666. The Morgan fingerprint density at radius 2 is 1.90 bits per heavy atom.